The van der Waals surface area contributed by atoms with Gasteiger partial charge in [0.2, 0.25) is 0 Å². The number of rotatable bonds is 4. The van der Waals surface area contributed by atoms with Gasteiger partial charge in [-0.1, -0.05) is 18.2 Å². The zero-order chi connectivity index (χ0) is 14.8. The third kappa shape index (κ3) is 4.20. The van der Waals surface area contributed by atoms with Gasteiger partial charge < -0.3 is 5.32 Å². The van der Waals surface area contributed by atoms with Crippen molar-refractivity contribution in [1.82, 2.24) is 15.1 Å². The number of hydrogen-bond donors (Lipinski definition) is 1. The van der Waals surface area contributed by atoms with Crippen LogP contribution in [0.1, 0.15) is 43.0 Å². The second-order valence-electron chi connectivity index (χ2n) is 6.57. The number of aryl methyl sites for hydroxylation is 2. The highest BCUT2D eigenvalue weighted by molar-refractivity contribution is 5.30. The van der Waals surface area contributed by atoms with E-state index in [1.165, 1.54) is 22.3 Å². The highest BCUT2D eigenvalue weighted by Gasteiger charge is 2.09. The molecule has 0 bridgehead atoms. The predicted octanol–water partition coefficient (Wildman–Crippen LogP) is 3.44. The molecular formula is C17H25N3. The van der Waals surface area contributed by atoms with Crippen molar-refractivity contribution < 1.29 is 0 Å². The van der Waals surface area contributed by atoms with Crippen molar-refractivity contribution in [3.63, 3.8) is 0 Å². The Kier molecular flexibility index (Phi) is 4.29. The fourth-order valence-electron chi connectivity index (χ4n) is 2.04. The monoisotopic (exact) mass is 271 g/mol. The fraction of sp³-hybridized carbons (Fsp3) is 0.471. The topological polar surface area (TPSA) is 29.9 Å². The number of hydrogen-bond acceptors (Lipinski definition) is 2. The van der Waals surface area contributed by atoms with Crippen LogP contribution >= 0.6 is 0 Å². The van der Waals surface area contributed by atoms with Gasteiger partial charge in [-0.3, -0.25) is 4.68 Å². The van der Waals surface area contributed by atoms with Crippen LogP contribution in [0.25, 0.3) is 0 Å². The standard InChI is InChI=1S/C17H25N3/c1-13-6-7-15(8-14(13)2)11-20-12-16(10-19-20)9-18-17(3,4)5/h6-8,10,12,18H,9,11H2,1-5H3. The molecule has 3 nitrogen and oxygen atoms in total. The number of nitrogens with zero attached hydrogens (tertiary/aromatic N) is 2. The Morgan fingerprint density at radius 3 is 2.50 bits per heavy atom. The van der Waals surface area contributed by atoms with E-state index in [1.54, 1.807) is 0 Å². The van der Waals surface area contributed by atoms with Crippen LogP contribution in [0.4, 0.5) is 0 Å². The zero-order valence-corrected chi connectivity index (χ0v) is 13.2. The Bertz CT molecular complexity index is 576. The molecule has 1 heterocycles. The Hall–Kier alpha value is -1.61. The van der Waals surface area contributed by atoms with Crippen molar-refractivity contribution in [1.29, 1.82) is 0 Å². The van der Waals surface area contributed by atoms with E-state index < -0.39 is 0 Å². The maximum absolute atomic E-state index is 4.44. The molecule has 108 valence electrons. The molecule has 0 saturated carbocycles. The zero-order valence-electron chi connectivity index (χ0n) is 13.2. The summed E-state index contributed by atoms with van der Waals surface area (Å²) < 4.78 is 2.00. The molecule has 0 unspecified atom stereocenters. The molecule has 0 spiro atoms. The lowest BCUT2D eigenvalue weighted by atomic mass is 10.1. The molecule has 1 aromatic heterocycles. The van der Waals surface area contributed by atoms with Gasteiger partial charge in [0.25, 0.3) is 0 Å². The van der Waals surface area contributed by atoms with Gasteiger partial charge in [0, 0.05) is 23.8 Å². The van der Waals surface area contributed by atoms with Crippen LogP contribution in [0.2, 0.25) is 0 Å². The molecule has 0 aliphatic heterocycles. The van der Waals surface area contributed by atoms with Crippen LogP contribution in [-0.2, 0) is 13.1 Å². The Morgan fingerprint density at radius 1 is 1.10 bits per heavy atom. The van der Waals surface area contributed by atoms with Crippen LogP contribution in [0.5, 0.6) is 0 Å². The first-order valence-electron chi connectivity index (χ1n) is 7.16. The summed E-state index contributed by atoms with van der Waals surface area (Å²) in [6, 6.07) is 6.59. The molecule has 0 atom stereocenters. The summed E-state index contributed by atoms with van der Waals surface area (Å²) in [7, 11) is 0. The summed E-state index contributed by atoms with van der Waals surface area (Å²) in [5.74, 6) is 0. The molecule has 0 amide bonds. The van der Waals surface area contributed by atoms with Gasteiger partial charge in [0.1, 0.15) is 0 Å². The van der Waals surface area contributed by atoms with Crippen LogP contribution in [0.15, 0.2) is 30.6 Å². The minimum Gasteiger partial charge on any atom is -0.308 e. The average molecular weight is 271 g/mol. The molecular weight excluding hydrogens is 246 g/mol. The Labute approximate surface area is 122 Å². The van der Waals surface area contributed by atoms with Gasteiger partial charge in [-0.05, 0) is 51.3 Å². The maximum atomic E-state index is 4.44. The van der Waals surface area contributed by atoms with Crippen LogP contribution in [0.3, 0.4) is 0 Å². The first-order chi connectivity index (χ1) is 9.33. The van der Waals surface area contributed by atoms with Crippen molar-refractivity contribution in [2.24, 2.45) is 0 Å². The summed E-state index contributed by atoms with van der Waals surface area (Å²) in [6.07, 6.45) is 4.06. The lowest BCUT2D eigenvalue weighted by molar-refractivity contribution is 0.424. The van der Waals surface area contributed by atoms with Crippen molar-refractivity contribution in [3.05, 3.63) is 52.8 Å². The number of nitrogens with one attached hydrogen (secondary N) is 1. The van der Waals surface area contributed by atoms with Gasteiger partial charge >= 0.3 is 0 Å². The molecule has 0 aliphatic rings. The predicted molar refractivity (Wildman–Crippen MR) is 83.8 cm³/mol. The van der Waals surface area contributed by atoms with Gasteiger partial charge in [-0.15, -0.1) is 0 Å². The maximum Gasteiger partial charge on any atom is 0.0659 e. The Balaban J connectivity index is 2.00. The summed E-state index contributed by atoms with van der Waals surface area (Å²) in [5.41, 5.74) is 5.33. The smallest absolute Gasteiger partial charge is 0.0659 e. The summed E-state index contributed by atoms with van der Waals surface area (Å²) >= 11 is 0. The quantitative estimate of drug-likeness (QED) is 0.923. The van der Waals surface area contributed by atoms with Gasteiger partial charge in [0.05, 0.1) is 12.7 Å². The van der Waals surface area contributed by atoms with E-state index in [1.807, 2.05) is 10.9 Å². The van der Waals surface area contributed by atoms with Crippen LogP contribution in [0, 0.1) is 13.8 Å². The van der Waals surface area contributed by atoms with Gasteiger partial charge in [0.15, 0.2) is 0 Å². The highest BCUT2D eigenvalue weighted by Crippen LogP contribution is 2.11. The molecule has 1 aromatic carbocycles. The molecule has 1 N–H and O–H groups in total. The van der Waals surface area contributed by atoms with Crippen molar-refractivity contribution in [2.75, 3.05) is 0 Å². The molecule has 3 heteroatoms. The molecule has 0 aliphatic carbocycles. The van der Waals surface area contributed by atoms with Crippen LogP contribution < -0.4 is 5.32 Å². The van der Waals surface area contributed by atoms with Crippen LogP contribution in [-0.4, -0.2) is 15.3 Å². The van der Waals surface area contributed by atoms with Crippen molar-refractivity contribution >= 4 is 0 Å². The fourth-order valence-corrected chi connectivity index (χ4v) is 2.04. The number of benzene rings is 1. The molecule has 0 fully saturated rings. The van der Waals surface area contributed by atoms with E-state index >= 15 is 0 Å². The van der Waals surface area contributed by atoms with E-state index in [0.29, 0.717) is 0 Å². The summed E-state index contributed by atoms with van der Waals surface area (Å²) in [6.45, 7) is 12.5. The summed E-state index contributed by atoms with van der Waals surface area (Å²) in [4.78, 5) is 0. The van der Waals surface area contributed by atoms with E-state index in [0.717, 1.165) is 13.1 Å². The molecule has 0 saturated heterocycles. The lowest BCUT2D eigenvalue weighted by Gasteiger charge is -2.19. The van der Waals surface area contributed by atoms with E-state index in [4.69, 9.17) is 0 Å². The van der Waals surface area contributed by atoms with E-state index in [-0.39, 0.29) is 5.54 Å². The van der Waals surface area contributed by atoms with Gasteiger partial charge in [-0.2, -0.15) is 5.10 Å². The Morgan fingerprint density at radius 2 is 1.85 bits per heavy atom. The molecule has 2 rings (SSSR count). The average Bonchev–Trinajstić information content (AvgIpc) is 2.78. The summed E-state index contributed by atoms with van der Waals surface area (Å²) in [5, 5.41) is 7.92. The van der Waals surface area contributed by atoms with E-state index in [9.17, 15) is 0 Å². The highest BCUT2D eigenvalue weighted by atomic mass is 15.3. The second-order valence-corrected chi connectivity index (χ2v) is 6.57. The van der Waals surface area contributed by atoms with E-state index in [2.05, 4.69) is 69.4 Å². The molecule has 0 radical (unpaired) electrons. The third-order valence-corrected chi connectivity index (χ3v) is 3.43. The van der Waals surface area contributed by atoms with Crippen molar-refractivity contribution in [3.8, 4) is 0 Å². The lowest BCUT2D eigenvalue weighted by Crippen LogP contribution is -2.34. The molecule has 20 heavy (non-hydrogen) atoms. The van der Waals surface area contributed by atoms with Gasteiger partial charge in [-0.25, -0.2) is 0 Å². The second kappa shape index (κ2) is 5.80. The van der Waals surface area contributed by atoms with Crippen molar-refractivity contribution in [2.45, 2.75) is 53.2 Å². The SMILES string of the molecule is Cc1ccc(Cn2cc(CNC(C)(C)C)cn2)cc1C. The first-order valence-corrected chi connectivity index (χ1v) is 7.16. The largest absolute Gasteiger partial charge is 0.308 e. The minimum atomic E-state index is 0.135. The molecule has 2 aromatic rings. The third-order valence-electron chi connectivity index (χ3n) is 3.43. The number of aromatic nitrogens is 2. The first kappa shape index (κ1) is 14.8. The minimum absolute atomic E-state index is 0.135. The normalized spacial score (nSPS) is 11.8.